The second-order valence-corrected chi connectivity index (χ2v) is 4.25. The highest BCUT2D eigenvalue weighted by atomic mass is 19.2. The second kappa shape index (κ2) is 5.25. The Balaban J connectivity index is 3.13. The summed E-state index contributed by atoms with van der Waals surface area (Å²) in [5.74, 6) is -2.02. The van der Waals surface area contributed by atoms with Gasteiger partial charge in [-0.2, -0.15) is 0 Å². The summed E-state index contributed by atoms with van der Waals surface area (Å²) in [6.07, 6.45) is 0.635. The molecule has 0 heterocycles. The molecule has 0 fully saturated rings. The zero-order chi connectivity index (χ0) is 12.3. The Hall–Kier alpha value is -1.16. The van der Waals surface area contributed by atoms with E-state index >= 15 is 0 Å². The van der Waals surface area contributed by atoms with E-state index in [2.05, 4.69) is 0 Å². The standard InChI is InChI=1S/C12H17F2NO/c1-7(2)8(3-4-15)9-5-10(13)11(14)6-12(9)16/h5-8,16H,3-4,15H2,1-2H3. The average Bonchev–Trinajstić information content (AvgIpc) is 2.20. The highest BCUT2D eigenvalue weighted by Crippen LogP contribution is 2.34. The summed E-state index contributed by atoms with van der Waals surface area (Å²) in [4.78, 5) is 0. The summed E-state index contributed by atoms with van der Waals surface area (Å²) in [7, 11) is 0. The second-order valence-electron chi connectivity index (χ2n) is 4.25. The van der Waals surface area contributed by atoms with Crippen LogP contribution in [0, 0.1) is 17.6 Å². The van der Waals surface area contributed by atoms with E-state index in [1.165, 1.54) is 0 Å². The number of phenolic OH excluding ortho intramolecular Hbond substituents is 1. The monoisotopic (exact) mass is 229 g/mol. The minimum absolute atomic E-state index is 0.0555. The van der Waals surface area contributed by atoms with Gasteiger partial charge < -0.3 is 10.8 Å². The van der Waals surface area contributed by atoms with Crippen molar-refractivity contribution in [3.63, 3.8) is 0 Å². The zero-order valence-corrected chi connectivity index (χ0v) is 9.50. The van der Waals surface area contributed by atoms with E-state index < -0.39 is 11.6 Å². The van der Waals surface area contributed by atoms with Crippen molar-refractivity contribution in [2.24, 2.45) is 11.7 Å². The van der Waals surface area contributed by atoms with Gasteiger partial charge in [-0.15, -0.1) is 0 Å². The molecule has 0 amide bonds. The molecule has 0 aliphatic heterocycles. The molecular weight excluding hydrogens is 212 g/mol. The lowest BCUT2D eigenvalue weighted by atomic mass is 9.85. The molecule has 1 aromatic rings. The molecule has 2 nitrogen and oxygen atoms in total. The Morgan fingerprint density at radius 1 is 1.25 bits per heavy atom. The van der Waals surface area contributed by atoms with Gasteiger partial charge in [-0.05, 0) is 30.9 Å². The van der Waals surface area contributed by atoms with Crippen LogP contribution in [0.2, 0.25) is 0 Å². The van der Waals surface area contributed by atoms with Gasteiger partial charge >= 0.3 is 0 Å². The Kier molecular flexibility index (Phi) is 4.24. The normalized spacial score (nSPS) is 13.1. The Morgan fingerprint density at radius 2 is 1.81 bits per heavy atom. The summed E-state index contributed by atoms with van der Waals surface area (Å²) in [5.41, 5.74) is 5.90. The van der Waals surface area contributed by atoms with E-state index in [4.69, 9.17) is 5.73 Å². The minimum atomic E-state index is -1.03. The van der Waals surface area contributed by atoms with E-state index in [0.717, 1.165) is 12.1 Å². The summed E-state index contributed by atoms with van der Waals surface area (Å²) < 4.78 is 26.0. The van der Waals surface area contributed by atoms with Gasteiger partial charge in [-0.1, -0.05) is 13.8 Å². The third-order valence-corrected chi connectivity index (χ3v) is 2.75. The number of benzene rings is 1. The zero-order valence-electron chi connectivity index (χ0n) is 9.50. The number of hydrogen-bond acceptors (Lipinski definition) is 2. The van der Waals surface area contributed by atoms with Gasteiger partial charge in [0.15, 0.2) is 11.6 Å². The van der Waals surface area contributed by atoms with E-state index in [0.29, 0.717) is 18.5 Å². The molecule has 0 radical (unpaired) electrons. The number of rotatable bonds is 4. The van der Waals surface area contributed by atoms with Gasteiger partial charge in [0.2, 0.25) is 0 Å². The third-order valence-electron chi connectivity index (χ3n) is 2.75. The molecule has 0 bridgehead atoms. The van der Waals surface area contributed by atoms with Crippen LogP contribution in [-0.2, 0) is 0 Å². The highest BCUT2D eigenvalue weighted by molar-refractivity contribution is 5.36. The molecular formula is C12H17F2NO. The SMILES string of the molecule is CC(C)C(CCN)c1cc(F)c(F)cc1O. The Bertz CT molecular complexity index is 366. The van der Waals surface area contributed by atoms with Gasteiger partial charge in [0.1, 0.15) is 5.75 Å². The van der Waals surface area contributed by atoms with Crippen molar-refractivity contribution < 1.29 is 13.9 Å². The predicted molar refractivity (Wildman–Crippen MR) is 59.3 cm³/mol. The summed E-state index contributed by atoms with van der Waals surface area (Å²) >= 11 is 0. The molecule has 0 saturated heterocycles. The van der Waals surface area contributed by atoms with Gasteiger partial charge in [0, 0.05) is 11.6 Å². The van der Waals surface area contributed by atoms with Gasteiger partial charge in [-0.25, -0.2) is 8.78 Å². The Labute approximate surface area is 94.1 Å². The van der Waals surface area contributed by atoms with Crippen LogP contribution in [0.1, 0.15) is 31.7 Å². The van der Waals surface area contributed by atoms with Gasteiger partial charge in [0.05, 0.1) is 0 Å². The molecule has 1 unspecified atom stereocenters. The molecule has 0 aliphatic carbocycles. The van der Waals surface area contributed by atoms with Crippen molar-refractivity contribution in [1.29, 1.82) is 0 Å². The van der Waals surface area contributed by atoms with E-state index in [-0.39, 0.29) is 17.6 Å². The lowest BCUT2D eigenvalue weighted by Crippen LogP contribution is -2.13. The molecule has 16 heavy (non-hydrogen) atoms. The van der Waals surface area contributed by atoms with Crippen molar-refractivity contribution in [2.45, 2.75) is 26.2 Å². The summed E-state index contributed by atoms with van der Waals surface area (Å²) in [6.45, 7) is 4.36. The molecule has 1 rings (SSSR count). The fraction of sp³-hybridized carbons (Fsp3) is 0.500. The van der Waals surface area contributed by atoms with Crippen LogP contribution in [0.5, 0.6) is 5.75 Å². The quantitative estimate of drug-likeness (QED) is 0.833. The fourth-order valence-electron chi connectivity index (χ4n) is 1.88. The number of hydrogen-bond donors (Lipinski definition) is 2. The molecule has 0 aromatic heterocycles. The van der Waals surface area contributed by atoms with Crippen molar-refractivity contribution in [3.8, 4) is 5.75 Å². The maximum Gasteiger partial charge on any atom is 0.162 e. The topological polar surface area (TPSA) is 46.2 Å². The van der Waals surface area contributed by atoms with E-state index in [9.17, 15) is 13.9 Å². The van der Waals surface area contributed by atoms with E-state index in [1.54, 1.807) is 0 Å². The van der Waals surface area contributed by atoms with Crippen LogP contribution < -0.4 is 5.73 Å². The number of aromatic hydroxyl groups is 1. The van der Waals surface area contributed by atoms with Crippen LogP contribution in [0.15, 0.2) is 12.1 Å². The minimum Gasteiger partial charge on any atom is -0.508 e. The fourth-order valence-corrected chi connectivity index (χ4v) is 1.88. The maximum absolute atomic E-state index is 13.1. The van der Waals surface area contributed by atoms with Crippen LogP contribution in [-0.4, -0.2) is 11.7 Å². The molecule has 0 aliphatic rings. The van der Waals surface area contributed by atoms with Crippen molar-refractivity contribution in [1.82, 2.24) is 0 Å². The average molecular weight is 229 g/mol. The Morgan fingerprint density at radius 3 is 2.31 bits per heavy atom. The first-order valence-corrected chi connectivity index (χ1v) is 5.35. The lowest BCUT2D eigenvalue weighted by molar-refractivity contribution is 0.412. The van der Waals surface area contributed by atoms with Crippen LogP contribution in [0.4, 0.5) is 8.78 Å². The predicted octanol–water partition coefficient (Wildman–Crippen LogP) is 2.76. The molecule has 0 spiro atoms. The van der Waals surface area contributed by atoms with Crippen molar-refractivity contribution >= 4 is 0 Å². The first-order valence-electron chi connectivity index (χ1n) is 5.35. The van der Waals surface area contributed by atoms with Crippen LogP contribution in [0.3, 0.4) is 0 Å². The van der Waals surface area contributed by atoms with Crippen molar-refractivity contribution in [2.75, 3.05) is 6.54 Å². The number of halogens is 2. The summed E-state index contributed by atoms with van der Waals surface area (Å²) in [6, 6.07) is 1.88. The number of phenols is 1. The highest BCUT2D eigenvalue weighted by Gasteiger charge is 2.20. The number of nitrogens with two attached hydrogens (primary N) is 1. The molecule has 0 saturated carbocycles. The third kappa shape index (κ3) is 2.70. The smallest absolute Gasteiger partial charge is 0.162 e. The maximum atomic E-state index is 13.1. The van der Waals surface area contributed by atoms with E-state index in [1.807, 2.05) is 13.8 Å². The molecule has 90 valence electrons. The van der Waals surface area contributed by atoms with Gasteiger partial charge in [0.25, 0.3) is 0 Å². The summed E-state index contributed by atoms with van der Waals surface area (Å²) in [5, 5.41) is 9.61. The van der Waals surface area contributed by atoms with Crippen LogP contribution in [0.25, 0.3) is 0 Å². The lowest BCUT2D eigenvalue weighted by Gasteiger charge is -2.21. The largest absolute Gasteiger partial charge is 0.508 e. The van der Waals surface area contributed by atoms with Gasteiger partial charge in [-0.3, -0.25) is 0 Å². The first-order chi connectivity index (χ1) is 7.47. The first kappa shape index (κ1) is 12.9. The molecule has 3 N–H and O–H groups in total. The molecule has 1 aromatic carbocycles. The molecule has 1 atom stereocenters. The molecule has 4 heteroatoms. The van der Waals surface area contributed by atoms with Crippen LogP contribution >= 0.6 is 0 Å². The van der Waals surface area contributed by atoms with Crippen molar-refractivity contribution in [3.05, 3.63) is 29.3 Å².